The number of hydrogen-bond donors (Lipinski definition) is 3. The van der Waals surface area contributed by atoms with Gasteiger partial charge in [-0.3, -0.25) is 0 Å². The van der Waals surface area contributed by atoms with E-state index in [4.69, 9.17) is 0 Å². The van der Waals surface area contributed by atoms with Crippen LogP contribution >= 0.6 is 0 Å². The van der Waals surface area contributed by atoms with Crippen LogP contribution in [-0.2, 0) is 6.54 Å². The van der Waals surface area contributed by atoms with Gasteiger partial charge in [0.15, 0.2) is 0 Å². The molecule has 21 heavy (non-hydrogen) atoms. The Kier molecular flexibility index (Phi) is 3.19. The molecule has 1 aromatic heterocycles. The lowest BCUT2D eigenvalue weighted by Gasteiger charge is -2.01. The summed E-state index contributed by atoms with van der Waals surface area (Å²) in [7, 11) is 0. The molecule has 0 saturated carbocycles. The van der Waals surface area contributed by atoms with Gasteiger partial charge in [0.1, 0.15) is 22.9 Å². The van der Waals surface area contributed by atoms with Gasteiger partial charge in [-0.25, -0.2) is 4.68 Å². The zero-order valence-electron chi connectivity index (χ0n) is 11.0. The molecular weight excluding hydrogens is 270 g/mol. The monoisotopic (exact) mass is 283 g/mol. The lowest BCUT2D eigenvalue weighted by atomic mass is 10.1. The maximum Gasteiger partial charge on any atom is 0.119 e. The van der Waals surface area contributed by atoms with Crippen LogP contribution in [0.25, 0.3) is 11.3 Å². The average Bonchev–Trinajstić information content (AvgIpc) is 2.89. The van der Waals surface area contributed by atoms with Crippen molar-refractivity contribution in [1.29, 1.82) is 0 Å². The van der Waals surface area contributed by atoms with Gasteiger partial charge in [0, 0.05) is 11.6 Å². The molecule has 3 rings (SSSR count). The van der Waals surface area contributed by atoms with E-state index in [9.17, 15) is 15.3 Å². The quantitative estimate of drug-likeness (QED) is 0.684. The van der Waals surface area contributed by atoms with E-state index in [-0.39, 0.29) is 17.2 Å². The smallest absolute Gasteiger partial charge is 0.119 e. The first kappa shape index (κ1) is 13.0. The van der Waals surface area contributed by atoms with E-state index in [0.29, 0.717) is 17.8 Å². The standard InChI is InChI=1S/C15H13N3O3/c19-12-3-1-10(2-4-12)8-18-9-15(16-17-18)11-5-13(20)7-14(21)6-11/h1-7,9,19-21H,8H2. The molecule has 6 heteroatoms. The summed E-state index contributed by atoms with van der Waals surface area (Å²) < 4.78 is 1.64. The Hall–Kier alpha value is -3.02. The SMILES string of the molecule is Oc1ccc(Cn2cc(-c3cc(O)cc(O)c3)nn2)cc1. The van der Waals surface area contributed by atoms with E-state index < -0.39 is 0 Å². The van der Waals surface area contributed by atoms with Crippen molar-refractivity contribution in [1.82, 2.24) is 15.0 Å². The molecule has 6 nitrogen and oxygen atoms in total. The topological polar surface area (TPSA) is 91.4 Å². The van der Waals surface area contributed by atoms with Gasteiger partial charge in [0.05, 0.1) is 12.7 Å². The van der Waals surface area contributed by atoms with Crippen molar-refractivity contribution in [3.8, 4) is 28.5 Å². The molecule has 0 radical (unpaired) electrons. The molecule has 3 aromatic rings. The van der Waals surface area contributed by atoms with Crippen molar-refractivity contribution >= 4 is 0 Å². The van der Waals surface area contributed by atoms with Crippen LogP contribution in [0.2, 0.25) is 0 Å². The highest BCUT2D eigenvalue weighted by atomic mass is 16.3. The molecule has 1 heterocycles. The Bertz CT molecular complexity index is 746. The summed E-state index contributed by atoms with van der Waals surface area (Å²) in [5.74, 6) is 0.157. The second-order valence-electron chi connectivity index (χ2n) is 4.71. The zero-order valence-corrected chi connectivity index (χ0v) is 11.0. The predicted octanol–water partition coefficient (Wildman–Crippen LogP) is 2.11. The molecule has 0 saturated heterocycles. The molecular formula is C15H13N3O3. The largest absolute Gasteiger partial charge is 0.508 e. The summed E-state index contributed by atoms with van der Waals surface area (Å²) in [4.78, 5) is 0. The first-order valence-electron chi connectivity index (χ1n) is 6.31. The summed E-state index contributed by atoms with van der Waals surface area (Å²) in [6, 6.07) is 11.1. The summed E-state index contributed by atoms with van der Waals surface area (Å²) in [6.45, 7) is 0.512. The number of aromatic nitrogens is 3. The Morgan fingerprint density at radius 3 is 2.19 bits per heavy atom. The number of aromatic hydroxyl groups is 3. The maximum atomic E-state index is 9.48. The van der Waals surface area contributed by atoms with Gasteiger partial charge in [-0.1, -0.05) is 17.3 Å². The van der Waals surface area contributed by atoms with Crippen molar-refractivity contribution in [2.75, 3.05) is 0 Å². The zero-order chi connectivity index (χ0) is 14.8. The molecule has 2 aromatic carbocycles. The van der Waals surface area contributed by atoms with Crippen LogP contribution < -0.4 is 0 Å². The van der Waals surface area contributed by atoms with Crippen LogP contribution in [0.1, 0.15) is 5.56 Å². The average molecular weight is 283 g/mol. The van der Waals surface area contributed by atoms with Crippen molar-refractivity contribution in [2.45, 2.75) is 6.54 Å². The summed E-state index contributed by atoms with van der Waals surface area (Å²) >= 11 is 0. The molecule has 0 bridgehead atoms. The highest BCUT2D eigenvalue weighted by molar-refractivity contribution is 5.62. The van der Waals surface area contributed by atoms with E-state index >= 15 is 0 Å². The molecule has 0 unspecified atom stereocenters. The minimum Gasteiger partial charge on any atom is -0.508 e. The third kappa shape index (κ3) is 2.94. The normalized spacial score (nSPS) is 10.7. The van der Waals surface area contributed by atoms with Crippen LogP contribution in [0, 0.1) is 0 Å². The Morgan fingerprint density at radius 2 is 1.52 bits per heavy atom. The maximum absolute atomic E-state index is 9.48. The van der Waals surface area contributed by atoms with Gasteiger partial charge in [0.25, 0.3) is 0 Å². The first-order chi connectivity index (χ1) is 10.1. The highest BCUT2D eigenvalue weighted by Crippen LogP contribution is 2.27. The number of nitrogens with zero attached hydrogens (tertiary/aromatic N) is 3. The van der Waals surface area contributed by atoms with Gasteiger partial charge in [-0.15, -0.1) is 5.10 Å². The fraction of sp³-hybridized carbons (Fsp3) is 0.0667. The van der Waals surface area contributed by atoms with Gasteiger partial charge < -0.3 is 15.3 Å². The number of benzene rings is 2. The molecule has 0 aliphatic carbocycles. The van der Waals surface area contributed by atoms with Crippen LogP contribution in [0.3, 0.4) is 0 Å². The van der Waals surface area contributed by atoms with Gasteiger partial charge in [0.2, 0.25) is 0 Å². The second kappa shape index (κ2) is 5.16. The summed E-state index contributed by atoms with van der Waals surface area (Å²) in [5.41, 5.74) is 2.12. The van der Waals surface area contributed by atoms with E-state index in [1.165, 1.54) is 18.2 Å². The van der Waals surface area contributed by atoms with E-state index in [1.54, 1.807) is 35.1 Å². The Balaban J connectivity index is 1.84. The predicted molar refractivity (Wildman–Crippen MR) is 76.0 cm³/mol. The first-order valence-corrected chi connectivity index (χ1v) is 6.31. The van der Waals surface area contributed by atoms with E-state index in [1.807, 2.05) is 0 Å². The summed E-state index contributed by atoms with van der Waals surface area (Å²) in [5, 5.41) is 36.2. The molecule has 0 fully saturated rings. The fourth-order valence-corrected chi connectivity index (χ4v) is 2.04. The minimum atomic E-state index is -0.0296. The lowest BCUT2D eigenvalue weighted by molar-refractivity contribution is 0.451. The third-order valence-electron chi connectivity index (χ3n) is 3.02. The van der Waals surface area contributed by atoms with Crippen molar-refractivity contribution in [3.05, 3.63) is 54.2 Å². The third-order valence-corrected chi connectivity index (χ3v) is 3.02. The molecule has 106 valence electrons. The number of hydrogen-bond acceptors (Lipinski definition) is 5. The number of phenols is 3. The van der Waals surface area contributed by atoms with E-state index in [2.05, 4.69) is 10.3 Å². The lowest BCUT2D eigenvalue weighted by Crippen LogP contribution is -1.99. The molecule has 0 aliphatic rings. The van der Waals surface area contributed by atoms with Crippen LogP contribution in [0.5, 0.6) is 17.2 Å². The number of rotatable bonds is 3. The van der Waals surface area contributed by atoms with Crippen LogP contribution in [0.4, 0.5) is 0 Å². The molecule has 0 atom stereocenters. The van der Waals surface area contributed by atoms with Crippen LogP contribution in [0.15, 0.2) is 48.7 Å². The van der Waals surface area contributed by atoms with Crippen molar-refractivity contribution in [3.63, 3.8) is 0 Å². The molecule has 0 amide bonds. The van der Waals surface area contributed by atoms with Gasteiger partial charge >= 0.3 is 0 Å². The fourth-order valence-electron chi connectivity index (χ4n) is 2.04. The summed E-state index contributed by atoms with van der Waals surface area (Å²) in [6.07, 6.45) is 1.72. The Labute approximate surface area is 120 Å². The second-order valence-corrected chi connectivity index (χ2v) is 4.71. The minimum absolute atomic E-state index is 0.0296. The molecule has 0 spiro atoms. The Morgan fingerprint density at radius 1 is 0.857 bits per heavy atom. The van der Waals surface area contributed by atoms with Crippen molar-refractivity contribution in [2.24, 2.45) is 0 Å². The van der Waals surface area contributed by atoms with Crippen molar-refractivity contribution < 1.29 is 15.3 Å². The highest BCUT2D eigenvalue weighted by Gasteiger charge is 2.07. The molecule has 0 aliphatic heterocycles. The molecule has 3 N–H and O–H groups in total. The van der Waals surface area contributed by atoms with Gasteiger partial charge in [-0.05, 0) is 29.8 Å². The number of phenolic OH excluding ortho intramolecular Hbond substituents is 3. The van der Waals surface area contributed by atoms with Gasteiger partial charge in [-0.2, -0.15) is 0 Å². The van der Waals surface area contributed by atoms with E-state index in [0.717, 1.165) is 5.56 Å². The van der Waals surface area contributed by atoms with Crippen LogP contribution in [-0.4, -0.2) is 30.3 Å².